The van der Waals surface area contributed by atoms with E-state index in [2.05, 4.69) is 32.9 Å². The quantitative estimate of drug-likeness (QED) is 0.361. The van der Waals surface area contributed by atoms with Gasteiger partial charge in [0.25, 0.3) is 0 Å². The summed E-state index contributed by atoms with van der Waals surface area (Å²) in [5.41, 5.74) is 3.57. The van der Waals surface area contributed by atoms with E-state index in [0.29, 0.717) is 0 Å². The van der Waals surface area contributed by atoms with Crippen LogP contribution in [0.4, 0.5) is 0 Å². The molecule has 0 aromatic rings. The van der Waals surface area contributed by atoms with Gasteiger partial charge in [0.05, 0.1) is 0 Å². The minimum atomic E-state index is 0.809. The van der Waals surface area contributed by atoms with E-state index in [0.717, 1.165) is 31.1 Å². The molecule has 0 aliphatic heterocycles. The summed E-state index contributed by atoms with van der Waals surface area (Å²) in [6.45, 7) is 8.22. The molecule has 15 heavy (non-hydrogen) atoms. The van der Waals surface area contributed by atoms with Gasteiger partial charge in [0.15, 0.2) is 0 Å². The Morgan fingerprint density at radius 1 is 1.00 bits per heavy atom. The summed E-state index contributed by atoms with van der Waals surface area (Å²) >= 11 is 0. The molecule has 0 fully saturated rings. The Labute approximate surface area is 93.6 Å². The van der Waals surface area contributed by atoms with Gasteiger partial charge < -0.3 is 0 Å². The molecule has 0 aromatic heterocycles. The van der Waals surface area contributed by atoms with Crippen molar-refractivity contribution in [3.63, 3.8) is 0 Å². The van der Waals surface area contributed by atoms with Gasteiger partial charge in [0, 0.05) is 0 Å². The summed E-state index contributed by atoms with van der Waals surface area (Å²) in [6.07, 6.45) is 10.4. The van der Waals surface area contributed by atoms with Gasteiger partial charge in [-0.15, -0.1) is 0 Å². The summed E-state index contributed by atoms with van der Waals surface area (Å²) < 4.78 is 0. The maximum atomic E-state index is 10.3. The average Bonchev–Trinajstić information content (AvgIpc) is 2.17. The standard InChI is InChI=1S/C14H22O/c1-12(2)7-5-8-13(3)9-6-10-14(4)11-15/h7,9-11H,5-6,8H2,1-4H3/b13-9+,14-10?. The van der Waals surface area contributed by atoms with Crippen LogP contribution in [0.3, 0.4) is 0 Å². The molecular formula is C14H22O. The van der Waals surface area contributed by atoms with Crippen LogP contribution in [0, 0.1) is 0 Å². The molecule has 0 atom stereocenters. The molecule has 0 rings (SSSR count). The summed E-state index contributed by atoms with van der Waals surface area (Å²) in [6, 6.07) is 0. The van der Waals surface area contributed by atoms with Crippen molar-refractivity contribution >= 4 is 6.29 Å². The third-order valence-electron chi connectivity index (χ3n) is 2.18. The molecule has 0 aromatic carbocycles. The largest absolute Gasteiger partial charge is 0.298 e. The molecule has 84 valence electrons. The molecular weight excluding hydrogens is 184 g/mol. The summed E-state index contributed by atoms with van der Waals surface area (Å²) in [5.74, 6) is 0. The van der Waals surface area contributed by atoms with Gasteiger partial charge in [-0.2, -0.15) is 0 Å². The van der Waals surface area contributed by atoms with Gasteiger partial charge in [-0.25, -0.2) is 0 Å². The zero-order chi connectivity index (χ0) is 11.7. The van der Waals surface area contributed by atoms with Crippen LogP contribution < -0.4 is 0 Å². The van der Waals surface area contributed by atoms with Crippen molar-refractivity contribution in [1.82, 2.24) is 0 Å². The summed E-state index contributed by atoms with van der Waals surface area (Å²) in [7, 11) is 0. The molecule has 0 aliphatic carbocycles. The van der Waals surface area contributed by atoms with Crippen molar-refractivity contribution in [2.45, 2.75) is 47.0 Å². The Bertz CT molecular complexity index is 276. The monoisotopic (exact) mass is 206 g/mol. The zero-order valence-electron chi connectivity index (χ0n) is 10.3. The van der Waals surface area contributed by atoms with E-state index >= 15 is 0 Å². The second-order valence-corrected chi connectivity index (χ2v) is 4.17. The lowest BCUT2D eigenvalue weighted by Crippen LogP contribution is -1.79. The highest BCUT2D eigenvalue weighted by Gasteiger charge is 1.88. The Hall–Kier alpha value is -1.11. The molecule has 0 heterocycles. The molecule has 0 amide bonds. The minimum absolute atomic E-state index is 0.809. The first-order valence-corrected chi connectivity index (χ1v) is 5.47. The van der Waals surface area contributed by atoms with Gasteiger partial charge in [0.2, 0.25) is 0 Å². The lowest BCUT2D eigenvalue weighted by molar-refractivity contribution is -0.104. The van der Waals surface area contributed by atoms with Gasteiger partial charge in [0.1, 0.15) is 6.29 Å². The highest BCUT2D eigenvalue weighted by atomic mass is 16.1. The van der Waals surface area contributed by atoms with Crippen molar-refractivity contribution in [2.24, 2.45) is 0 Å². The predicted molar refractivity (Wildman–Crippen MR) is 66.9 cm³/mol. The third-order valence-corrected chi connectivity index (χ3v) is 2.18. The van der Waals surface area contributed by atoms with Crippen LogP contribution in [0.25, 0.3) is 0 Å². The second kappa shape index (κ2) is 8.22. The number of carbonyl (C=O) groups excluding carboxylic acids is 1. The minimum Gasteiger partial charge on any atom is -0.298 e. The predicted octanol–water partition coefficient (Wildman–Crippen LogP) is 4.21. The number of allylic oxidation sites excluding steroid dienone is 6. The Morgan fingerprint density at radius 2 is 1.67 bits per heavy atom. The number of hydrogen-bond donors (Lipinski definition) is 0. The van der Waals surface area contributed by atoms with Crippen LogP contribution >= 0.6 is 0 Å². The van der Waals surface area contributed by atoms with Gasteiger partial charge in [-0.3, -0.25) is 4.79 Å². The average molecular weight is 206 g/mol. The van der Waals surface area contributed by atoms with Gasteiger partial charge >= 0.3 is 0 Å². The molecule has 0 saturated carbocycles. The Balaban J connectivity index is 3.89. The van der Waals surface area contributed by atoms with Crippen molar-refractivity contribution in [3.05, 3.63) is 34.9 Å². The zero-order valence-corrected chi connectivity index (χ0v) is 10.3. The van der Waals surface area contributed by atoms with Gasteiger partial charge in [-0.1, -0.05) is 29.4 Å². The first-order chi connectivity index (χ1) is 7.06. The van der Waals surface area contributed by atoms with E-state index in [-0.39, 0.29) is 0 Å². The molecule has 0 N–H and O–H groups in total. The van der Waals surface area contributed by atoms with Crippen LogP contribution in [0.5, 0.6) is 0 Å². The first-order valence-electron chi connectivity index (χ1n) is 5.47. The van der Waals surface area contributed by atoms with E-state index in [4.69, 9.17) is 0 Å². The summed E-state index contributed by atoms with van der Waals surface area (Å²) in [4.78, 5) is 10.3. The van der Waals surface area contributed by atoms with Crippen molar-refractivity contribution in [2.75, 3.05) is 0 Å². The fraction of sp³-hybridized carbons (Fsp3) is 0.500. The van der Waals surface area contributed by atoms with Crippen molar-refractivity contribution in [1.29, 1.82) is 0 Å². The van der Waals surface area contributed by atoms with Crippen LogP contribution in [-0.2, 0) is 4.79 Å². The Morgan fingerprint density at radius 3 is 2.20 bits per heavy atom. The van der Waals surface area contributed by atoms with Crippen molar-refractivity contribution in [3.8, 4) is 0 Å². The lowest BCUT2D eigenvalue weighted by atomic mass is 10.1. The smallest absolute Gasteiger partial charge is 0.145 e. The highest BCUT2D eigenvalue weighted by Crippen LogP contribution is 2.08. The molecule has 0 saturated heterocycles. The topological polar surface area (TPSA) is 17.1 Å². The molecule has 0 unspecified atom stereocenters. The number of aldehydes is 1. The Kier molecular flexibility index (Phi) is 7.61. The van der Waals surface area contributed by atoms with E-state index in [1.165, 1.54) is 11.1 Å². The maximum Gasteiger partial charge on any atom is 0.145 e. The lowest BCUT2D eigenvalue weighted by Gasteiger charge is -1.97. The summed E-state index contributed by atoms with van der Waals surface area (Å²) in [5, 5.41) is 0. The fourth-order valence-electron chi connectivity index (χ4n) is 1.18. The van der Waals surface area contributed by atoms with Crippen LogP contribution in [0.15, 0.2) is 34.9 Å². The molecule has 0 radical (unpaired) electrons. The number of rotatable bonds is 6. The number of carbonyl (C=O) groups is 1. The van der Waals surface area contributed by atoms with E-state index in [1.807, 2.05) is 13.0 Å². The molecule has 1 heteroatoms. The van der Waals surface area contributed by atoms with Crippen molar-refractivity contribution < 1.29 is 4.79 Å². The van der Waals surface area contributed by atoms with E-state index < -0.39 is 0 Å². The van der Waals surface area contributed by atoms with E-state index in [9.17, 15) is 4.79 Å². The van der Waals surface area contributed by atoms with Crippen LogP contribution in [0.1, 0.15) is 47.0 Å². The number of hydrogen-bond acceptors (Lipinski definition) is 1. The third kappa shape index (κ3) is 9.20. The fourth-order valence-corrected chi connectivity index (χ4v) is 1.18. The molecule has 0 spiro atoms. The molecule has 0 bridgehead atoms. The van der Waals surface area contributed by atoms with E-state index in [1.54, 1.807) is 0 Å². The first kappa shape index (κ1) is 13.9. The normalized spacial score (nSPS) is 12.5. The van der Waals surface area contributed by atoms with Gasteiger partial charge in [-0.05, 0) is 52.5 Å². The second-order valence-electron chi connectivity index (χ2n) is 4.17. The SMILES string of the molecule is CC(C)=CCC/C(C)=C/CC=C(C)C=O. The molecule has 1 nitrogen and oxygen atoms in total. The maximum absolute atomic E-state index is 10.3. The van der Waals surface area contributed by atoms with Crippen LogP contribution in [-0.4, -0.2) is 6.29 Å². The van der Waals surface area contributed by atoms with Crippen LogP contribution in [0.2, 0.25) is 0 Å². The highest BCUT2D eigenvalue weighted by molar-refractivity contribution is 5.71. The molecule has 0 aliphatic rings.